The van der Waals surface area contributed by atoms with Crippen molar-refractivity contribution in [3.63, 3.8) is 0 Å². The summed E-state index contributed by atoms with van der Waals surface area (Å²) in [5, 5.41) is 81.5. The van der Waals surface area contributed by atoms with Crippen LogP contribution in [0.1, 0.15) is 183 Å². The van der Waals surface area contributed by atoms with Crippen LogP contribution in [-0.2, 0) is 44.9 Å². The molecule has 13 nitrogen and oxygen atoms in total. The third kappa shape index (κ3) is 11.7. The number of carboxylic acids is 4. The van der Waals surface area contributed by atoms with Crippen molar-refractivity contribution in [1.82, 2.24) is 0 Å². The standard InChI is InChI=1S/C50H70O13/c51-37-19-20-39(36(18-8-2-4-12-22-48(27-28-48)44(57)58)35(37)17-10-5-13-23-49(29-30-49)45(59)60)63-40-32-50(40,46(61)62)24-14-6-9-16-34-33(31-38(52)42(54)41(34)53)15-7-1-3-11-21-47(25-26-47)43(55)56/h19-20,31,40,51-54H,1-18,21-30,32H2,(H,55,56)(H,57,58)(H,59,60)(H,61,62). The van der Waals surface area contributed by atoms with Crippen LogP contribution in [-0.4, -0.2) is 70.8 Å². The van der Waals surface area contributed by atoms with E-state index in [9.17, 15) is 60.0 Å². The number of rotatable bonds is 32. The molecule has 6 rings (SSSR count). The van der Waals surface area contributed by atoms with Gasteiger partial charge in [-0.1, -0.05) is 64.2 Å². The van der Waals surface area contributed by atoms with E-state index in [-0.39, 0.29) is 17.2 Å². The molecule has 0 radical (unpaired) electrons. The second-order valence-electron chi connectivity index (χ2n) is 19.7. The number of phenols is 4. The maximum atomic E-state index is 12.8. The molecule has 4 saturated carbocycles. The smallest absolute Gasteiger partial charge is 0.313 e. The van der Waals surface area contributed by atoms with Crippen molar-refractivity contribution in [3.8, 4) is 28.7 Å². The number of phenolic OH excluding ortho intramolecular Hbond substituents is 4. The molecule has 8 N–H and O–H groups in total. The summed E-state index contributed by atoms with van der Waals surface area (Å²) in [5.41, 5.74) is 0.277. The van der Waals surface area contributed by atoms with Crippen molar-refractivity contribution in [2.45, 2.75) is 192 Å². The normalized spacial score (nSPS) is 20.8. The lowest BCUT2D eigenvalue weighted by molar-refractivity contribution is -0.145. The van der Waals surface area contributed by atoms with E-state index in [1.54, 1.807) is 12.1 Å². The fourth-order valence-corrected chi connectivity index (χ4v) is 10.0. The largest absolute Gasteiger partial charge is 0.508 e. The molecule has 63 heavy (non-hydrogen) atoms. The second-order valence-corrected chi connectivity index (χ2v) is 19.7. The van der Waals surface area contributed by atoms with Crippen molar-refractivity contribution in [1.29, 1.82) is 0 Å². The number of aryl methyl sites for hydroxylation is 1. The second kappa shape index (κ2) is 20.4. The summed E-state index contributed by atoms with van der Waals surface area (Å²) in [6, 6.07) is 4.84. The van der Waals surface area contributed by atoms with E-state index in [1.807, 2.05) is 0 Å². The van der Waals surface area contributed by atoms with Gasteiger partial charge in [0.05, 0.1) is 16.2 Å². The Kier molecular flexibility index (Phi) is 15.5. The van der Waals surface area contributed by atoms with Gasteiger partial charge in [-0.3, -0.25) is 19.2 Å². The van der Waals surface area contributed by atoms with Crippen LogP contribution < -0.4 is 4.74 Å². The highest BCUT2D eigenvalue weighted by atomic mass is 16.5. The molecule has 0 bridgehead atoms. The Hall–Kier alpha value is -4.68. The van der Waals surface area contributed by atoms with Crippen LogP contribution in [0.15, 0.2) is 18.2 Å². The van der Waals surface area contributed by atoms with Gasteiger partial charge < -0.3 is 45.6 Å². The summed E-state index contributed by atoms with van der Waals surface area (Å²) in [6.07, 6.45) is 19.9. The van der Waals surface area contributed by atoms with Crippen LogP contribution >= 0.6 is 0 Å². The average Bonchev–Trinajstić information content (AvgIpc) is 4.05. The first-order valence-electron chi connectivity index (χ1n) is 23.8. The fourth-order valence-electron chi connectivity index (χ4n) is 10.0. The van der Waals surface area contributed by atoms with Gasteiger partial charge in [0, 0.05) is 23.1 Å². The maximum absolute atomic E-state index is 12.8. The van der Waals surface area contributed by atoms with Crippen LogP contribution in [0.2, 0.25) is 0 Å². The van der Waals surface area contributed by atoms with Gasteiger partial charge in [0.2, 0.25) is 5.75 Å². The summed E-state index contributed by atoms with van der Waals surface area (Å²) in [4.78, 5) is 47.5. The number of carbonyl (C=O) groups is 4. The zero-order chi connectivity index (χ0) is 45.4. The summed E-state index contributed by atoms with van der Waals surface area (Å²) in [7, 11) is 0. The molecule has 0 spiro atoms. The molecular formula is C50H70O13. The van der Waals surface area contributed by atoms with Crippen LogP contribution in [0.4, 0.5) is 0 Å². The third-order valence-corrected chi connectivity index (χ3v) is 15.3. The lowest BCUT2D eigenvalue weighted by Crippen LogP contribution is -2.22. The Bertz CT molecular complexity index is 1960. The Balaban J connectivity index is 1.01. The van der Waals surface area contributed by atoms with Gasteiger partial charge in [0.25, 0.3) is 0 Å². The highest BCUT2D eigenvalue weighted by Gasteiger charge is 2.62. The van der Waals surface area contributed by atoms with E-state index in [0.717, 1.165) is 126 Å². The Morgan fingerprint density at radius 3 is 1.38 bits per heavy atom. The SMILES string of the molecule is O=C(O)C1(CCCCCCc2cc(O)c(O)c(O)c2CCCCCC2(C(=O)O)CC2Oc2ccc(O)c(CCCCCC3(C(=O)O)CC3)c2CCCCCCC2(C(=O)O)CC2)CC1. The van der Waals surface area contributed by atoms with Gasteiger partial charge in [0.1, 0.15) is 23.0 Å². The minimum absolute atomic E-state index is 0.162. The Morgan fingerprint density at radius 2 is 0.905 bits per heavy atom. The molecular weight excluding hydrogens is 809 g/mol. The fraction of sp³-hybridized carbons (Fsp3) is 0.680. The van der Waals surface area contributed by atoms with Gasteiger partial charge in [-0.25, -0.2) is 0 Å². The van der Waals surface area contributed by atoms with Gasteiger partial charge in [0.15, 0.2) is 11.5 Å². The molecule has 0 aliphatic heterocycles. The highest BCUT2D eigenvalue weighted by molar-refractivity contribution is 5.80. The first kappa shape index (κ1) is 47.8. The molecule has 4 fully saturated rings. The van der Waals surface area contributed by atoms with E-state index < -0.39 is 57.4 Å². The molecule has 4 aliphatic rings. The van der Waals surface area contributed by atoms with Gasteiger partial charge in [-0.15, -0.1) is 0 Å². The van der Waals surface area contributed by atoms with Crippen LogP contribution in [0.25, 0.3) is 0 Å². The van der Waals surface area contributed by atoms with Crippen molar-refractivity contribution in [3.05, 3.63) is 40.5 Å². The van der Waals surface area contributed by atoms with E-state index >= 15 is 0 Å². The average molecular weight is 879 g/mol. The van der Waals surface area contributed by atoms with Crippen LogP contribution in [0, 0.1) is 21.7 Å². The van der Waals surface area contributed by atoms with Crippen LogP contribution in [0.3, 0.4) is 0 Å². The summed E-state index contributed by atoms with van der Waals surface area (Å²) in [5.74, 6) is -3.59. The molecule has 0 amide bonds. The number of hydrogen-bond acceptors (Lipinski definition) is 9. The third-order valence-electron chi connectivity index (χ3n) is 15.3. The predicted octanol–water partition coefficient (Wildman–Crippen LogP) is 10.2. The Labute approximate surface area is 370 Å². The van der Waals surface area contributed by atoms with Gasteiger partial charge in [-0.05, 0) is 139 Å². The monoisotopic (exact) mass is 878 g/mol. The minimum Gasteiger partial charge on any atom is -0.508 e. The van der Waals surface area contributed by atoms with Crippen molar-refractivity contribution in [2.24, 2.45) is 21.7 Å². The number of unbranched alkanes of at least 4 members (excludes halogenated alkanes) is 10. The molecule has 0 saturated heterocycles. The molecule has 13 heteroatoms. The zero-order valence-corrected chi connectivity index (χ0v) is 36.9. The molecule has 0 heterocycles. The molecule has 4 aliphatic carbocycles. The maximum Gasteiger partial charge on any atom is 0.313 e. The number of benzene rings is 2. The number of aromatic hydroxyl groups is 4. The van der Waals surface area contributed by atoms with Crippen molar-refractivity contribution < 1.29 is 64.8 Å². The first-order chi connectivity index (χ1) is 30.1. The van der Waals surface area contributed by atoms with Gasteiger partial charge in [-0.2, -0.15) is 0 Å². The first-order valence-corrected chi connectivity index (χ1v) is 23.8. The van der Waals surface area contributed by atoms with Gasteiger partial charge >= 0.3 is 23.9 Å². The van der Waals surface area contributed by atoms with E-state index in [2.05, 4.69) is 0 Å². The number of carboxylic acid groups (broad SMARTS) is 4. The molecule has 348 valence electrons. The van der Waals surface area contributed by atoms with E-state index in [1.165, 1.54) is 6.07 Å². The van der Waals surface area contributed by atoms with Crippen molar-refractivity contribution >= 4 is 23.9 Å². The van der Waals surface area contributed by atoms with Crippen LogP contribution in [0.5, 0.6) is 28.7 Å². The summed E-state index contributed by atoms with van der Waals surface area (Å²) < 4.78 is 6.53. The molecule has 2 unspecified atom stereocenters. The lowest BCUT2D eigenvalue weighted by Gasteiger charge is -2.19. The Morgan fingerprint density at radius 1 is 0.476 bits per heavy atom. The molecule has 0 aromatic heterocycles. The topological polar surface area (TPSA) is 239 Å². The summed E-state index contributed by atoms with van der Waals surface area (Å²) in [6.45, 7) is 0. The molecule has 2 aromatic carbocycles. The van der Waals surface area contributed by atoms with Crippen molar-refractivity contribution in [2.75, 3.05) is 0 Å². The quantitative estimate of drug-likeness (QED) is 0.0252. The number of ether oxygens (including phenoxy) is 1. The summed E-state index contributed by atoms with van der Waals surface area (Å²) >= 11 is 0. The minimum atomic E-state index is -1.06. The van der Waals surface area contributed by atoms with E-state index in [0.29, 0.717) is 88.4 Å². The number of aliphatic carboxylic acids is 4. The molecule has 2 aromatic rings. The van der Waals surface area contributed by atoms with E-state index in [4.69, 9.17) is 4.74 Å². The highest BCUT2D eigenvalue weighted by Crippen LogP contribution is 2.54. The predicted molar refractivity (Wildman–Crippen MR) is 234 cm³/mol. The zero-order valence-electron chi connectivity index (χ0n) is 36.9. The lowest BCUT2D eigenvalue weighted by atomic mass is 9.92. The molecule has 2 atom stereocenters. The number of hydrogen-bond donors (Lipinski definition) is 8.